The number of anilines is 4. The van der Waals surface area contributed by atoms with Crippen molar-refractivity contribution >= 4 is 34.7 Å². The molecule has 0 fully saturated rings. The molecule has 0 heterocycles. The number of nitrogens with two attached hydrogens (primary N) is 4. The van der Waals surface area contributed by atoms with Crippen molar-refractivity contribution in [2.45, 2.75) is 13.3 Å². The van der Waals surface area contributed by atoms with Crippen LogP contribution in [0.15, 0.2) is 30.3 Å². The lowest BCUT2D eigenvalue weighted by Gasteiger charge is -2.08. The van der Waals surface area contributed by atoms with Crippen LogP contribution >= 0.6 is 0 Å². The highest BCUT2D eigenvalue weighted by Gasteiger charge is 2.12. The molecule has 0 amide bonds. The van der Waals surface area contributed by atoms with E-state index in [0.717, 1.165) is 12.0 Å². The number of hydrogen-bond donors (Lipinski definition) is 5. The number of ether oxygens (including phenoxy) is 1. The Balaban J connectivity index is 0.000000251. The van der Waals surface area contributed by atoms with Crippen LogP contribution < -0.4 is 22.9 Å². The van der Waals surface area contributed by atoms with Gasteiger partial charge in [-0.15, -0.1) is 0 Å². The quantitative estimate of drug-likeness (QED) is 0.413. The second kappa shape index (κ2) is 8.44. The van der Waals surface area contributed by atoms with Crippen LogP contribution in [0.1, 0.15) is 33.2 Å². The van der Waals surface area contributed by atoms with Gasteiger partial charge in [0.2, 0.25) is 0 Å². The second-order valence-electron chi connectivity index (χ2n) is 5.06. The highest BCUT2D eigenvalue weighted by Crippen LogP contribution is 2.24. The van der Waals surface area contributed by atoms with Crippen LogP contribution in [0.5, 0.6) is 0 Å². The summed E-state index contributed by atoms with van der Waals surface area (Å²) in [5.74, 6) is -1.52. The van der Waals surface area contributed by atoms with Crippen molar-refractivity contribution in [2.24, 2.45) is 0 Å². The summed E-state index contributed by atoms with van der Waals surface area (Å²) in [7, 11) is 1.30. The first-order chi connectivity index (χ1) is 11.7. The van der Waals surface area contributed by atoms with Crippen LogP contribution in [-0.4, -0.2) is 24.2 Å². The van der Waals surface area contributed by atoms with Crippen molar-refractivity contribution in [3.8, 4) is 0 Å². The van der Waals surface area contributed by atoms with E-state index in [1.807, 2.05) is 6.92 Å². The predicted octanol–water partition coefficient (Wildman–Crippen LogP) is 1.75. The summed E-state index contributed by atoms with van der Waals surface area (Å²) in [6.07, 6.45) is 0.746. The summed E-state index contributed by atoms with van der Waals surface area (Å²) < 4.78 is 4.50. The molecule has 0 spiro atoms. The number of carbonyl (C=O) groups excluding carboxylic acids is 1. The fourth-order valence-electron chi connectivity index (χ4n) is 2.05. The van der Waals surface area contributed by atoms with Crippen LogP contribution in [-0.2, 0) is 11.2 Å². The lowest BCUT2D eigenvalue weighted by Crippen LogP contribution is -2.07. The van der Waals surface area contributed by atoms with Crippen molar-refractivity contribution in [1.82, 2.24) is 0 Å². The fraction of sp³-hybridized carbons (Fsp3) is 0.176. The molecule has 0 bridgehead atoms. The zero-order valence-corrected chi connectivity index (χ0v) is 14.1. The molecule has 8 heteroatoms. The summed E-state index contributed by atoms with van der Waals surface area (Å²) in [6.45, 7) is 1.94. The maximum Gasteiger partial charge on any atom is 0.340 e. The first-order valence-corrected chi connectivity index (χ1v) is 7.36. The molecule has 2 rings (SSSR count). The molecule has 2 aromatic rings. The molecule has 134 valence electrons. The Kier molecular flexibility index (Phi) is 6.62. The molecule has 0 atom stereocenters. The highest BCUT2D eigenvalue weighted by molar-refractivity contribution is 5.98. The maximum atomic E-state index is 11.0. The lowest BCUT2D eigenvalue weighted by atomic mass is 10.0. The Labute approximate surface area is 145 Å². The summed E-state index contributed by atoms with van der Waals surface area (Å²) in [5.41, 5.74) is 24.6. The van der Waals surface area contributed by atoms with E-state index in [-0.39, 0.29) is 16.9 Å². The van der Waals surface area contributed by atoms with E-state index >= 15 is 0 Å². The summed E-state index contributed by atoms with van der Waals surface area (Å²) >= 11 is 0. The number of aromatic carboxylic acids is 1. The minimum absolute atomic E-state index is 0.0645. The van der Waals surface area contributed by atoms with E-state index in [2.05, 4.69) is 4.74 Å². The van der Waals surface area contributed by atoms with Crippen molar-refractivity contribution in [3.05, 3.63) is 47.0 Å². The molecule has 8 nitrogen and oxygen atoms in total. The Hall–Kier alpha value is -3.42. The summed E-state index contributed by atoms with van der Waals surface area (Å²) in [4.78, 5) is 21.7. The number of hydrogen-bond acceptors (Lipinski definition) is 7. The molecule has 0 aliphatic carbocycles. The fourth-order valence-corrected chi connectivity index (χ4v) is 2.05. The van der Waals surface area contributed by atoms with Crippen molar-refractivity contribution < 1.29 is 19.4 Å². The molecular formula is C17H22N4O4. The summed E-state index contributed by atoms with van der Waals surface area (Å²) in [5, 5.41) is 8.72. The van der Waals surface area contributed by atoms with Crippen LogP contribution in [0.2, 0.25) is 0 Å². The number of carbonyl (C=O) groups is 2. The SMILES string of the molecule is CCc1ccc(C(=O)O)c(N)c1N.COC(=O)c1cccc(N)c1N. The van der Waals surface area contributed by atoms with Crippen molar-refractivity contribution in [1.29, 1.82) is 0 Å². The molecule has 9 N–H and O–H groups in total. The van der Waals surface area contributed by atoms with Gasteiger partial charge < -0.3 is 32.8 Å². The largest absolute Gasteiger partial charge is 0.478 e. The molecule has 0 saturated heterocycles. The molecule has 0 saturated carbocycles. The van der Waals surface area contributed by atoms with E-state index in [1.54, 1.807) is 24.3 Å². The monoisotopic (exact) mass is 346 g/mol. The highest BCUT2D eigenvalue weighted by atomic mass is 16.5. The number of carboxylic acid groups (broad SMARTS) is 1. The van der Waals surface area contributed by atoms with Gasteiger partial charge in [0.05, 0.1) is 41.0 Å². The second-order valence-corrected chi connectivity index (χ2v) is 5.06. The third-order valence-corrected chi connectivity index (χ3v) is 3.53. The number of aryl methyl sites for hydroxylation is 1. The first-order valence-electron chi connectivity index (χ1n) is 7.36. The minimum atomic E-state index is -1.05. The first kappa shape index (κ1) is 19.6. The third-order valence-electron chi connectivity index (χ3n) is 3.53. The molecule has 0 unspecified atom stereocenters. The molecule has 0 aromatic heterocycles. The number of benzene rings is 2. The third kappa shape index (κ3) is 4.54. The molecule has 2 aromatic carbocycles. The number of nitrogen functional groups attached to an aromatic ring is 4. The molecular weight excluding hydrogens is 324 g/mol. The van der Waals surface area contributed by atoms with Gasteiger partial charge in [-0.2, -0.15) is 0 Å². The number of rotatable bonds is 3. The van der Waals surface area contributed by atoms with E-state index in [0.29, 0.717) is 16.9 Å². The van der Waals surface area contributed by atoms with Crippen LogP contribution in [0.4, 0.5) is 22.7 Å². The van der Waals surface area contributed by atoms with Gasteiger partial charge in [0.15, 0.2) is 0 Å². The van der Waals surface area contributed by atoms with Gasteiger partial charge in [0.25, 0.3) is 0 Å². The Morgan fingerprint density at radius 2 is 1.60 bits per heavy atom. The topological polar surface area (TPSA) is 168 Å². The van der Waals surface area contributed by atoms with Gasteiger partial charge in [-0.05, 0) is 30.2 Å². The standard InChI is InChI=1S/C9H12N2O2.C8H10N2O2/c1-2-5-3-4-6(9(12)13)8(11)7(5)10;1-12-8(11)5-3-2-4-6(9)7(5)10/h3-4H,2,10-11H2,1H3,(H,12,13);2-4H,9-10H2,1H3. The number of methoxy groups -OCH3 is 1. The van der Waals surface area contributed by atoms with Gasteiger partial charge in [-0.25, -0.2) is 9.59 Å². The Bertz CT molecular complexity index is 790. The van der Waals surface area contributed by atoms with E-state index < -0.39 is 11.9 Å². The minimum Gasteiger partial charge on any atom is -0.478 e. The van der Waals surface area contributed by atoms with Gasteiger partial charge in [-0.3, -0.25) is 0 Å². The van der Waals surface area contributed by atoms with E-state index in [1.165, 1.54) is 13.2 Å². The van der Waals surface area contributed by atoms with Crippen LogP contribution in [0.3, 0.4) is 0 Å². The summed E-state index contributed by atoms with van der Waals surface area (Å²) in [6, 6.07) is 8.01. The van der Waals surface area contributed by atoms with Crippen LogP contribution in [0.25, 0.3) is 0 Å². The van der Waals surface area contributed by atoms with Gasteiger partial charge >= 0.3 is 11.9 Å². The molecule has 0 radical (unpaired) electrons. The number of esters is 1. The Morgan fingerprint density at radius 1 is 0.960 bits per heavy atom. The molecule has 0 aliphatic rings. The zero-order valence-electron chi connectivity index (χ0n) is 14.1. The molecule has 25 heavy (non-hydrogen) atoms. The molecule has 0 aliphatic heterocycles. The Morgan fingerprint density at radius 3 is 2.12 bits per heavy atom. The average Bonchev–Trinajstić information content (AvgIpc) is 2.59. The van der Waals surface area contributed by atoms with Crippen molar-refractivity contribution in [2.75, 3.05) is 30.0 Å². The van der Waals surface area contributed by atoms with Gasteiger partial charge in [0.1, 0.15) is 0 Å². The van der Waals surface area contributed by atoms with Gasteiger partial charge in [-0.1, -0.05) is 19.1 Å². The zero-order chi connectivity index (χ0) is 19.1. The smallest absolute Gasteiger partial charge is 0.340 e. The van der Waals surface area contributed by atoms with Gasteiger partial charge in [0, 0.05) is 0 Å². The van der Waals surface area contributed by atoms with Crippen molar-refractivity contribution in [3.63, 3.8) is 0 Å². The maximum absolute atomic E-state index is 11.0. The normalized spacial score (nSPS) is 9.68. The predicted molar refractivity (Wildman–Crippen MR) is 98.2 cm³/mol. The number of para-hydroxylation sites is 1. The van der Waals surface area contributed by atoms with E-state index in [9.17, 15) is 9.59 Å². The van der Waals surface area contributed by atoms with E-state index in [4.69, 9.17) is 28.0 Å². The number of carboxylic acids is 1. The van der Waals surface area contributed by atoms with Crippen LogP contribution in [0, 0.1) is 0 Å². The lowest BCUT2D eigenvalue weighted by molar-refractivity contribution is 0.0601. The average molecular weight is 346 g/mol.